The Labute approximate surface area is 135 Å². The summed E-state index contributed by atoms with van der Waals surface area (Å²) in [5.41, 5.74) is 1.19. The highest BCUT2D eigenvalue weighted by atomic mass is 79.9. The Morgan fingerprint density at radius 1 is 1.36 bits per heavy atom. The molecule has 3 nitrogen and oxygen atoms in total. The molecule has 0 spiro atoms. The number of methoxy groups -OCH3 is 1. The van der Waals surface area contributed by atoms with Gasteiger partial charge in [0.25, 0.3) is 0 Å². The van der Waals surface area contributed by atoms with Gasteiger partial charge in [-0.2, -0.15) is 13.2 Å². The predicted octanol–water partition coefficient (Wildman–Crippen LogP) is 4.01. The van der Waals surface area contributed by atoms with Crippen LogP contribution in [0.2, 0.25) is 0 Å². The number of halogens is 4. The first-order valence-corrected chi connectivity index (χ1v) is 7.77. The van der Waals surface area contributed by atoms with Crippen molar-refractivity contribution < 1.29 is 22.7 Å². The van der Waals surface area contributed by atoms with Gasteiger partial charge in [-0.25, -0.2) is 4.79 Å². The summed E-state index contributed by atoms with van der Waals surface area (Å²) in [6.45, 7) is 1.16. The molecule has 0 amide bonds. The molecule has 1 aliphatic rings. The number of carbonyl (C=O) groups excluding carboxylic acids is 1. The molecule has 1 aromatic rings. The van der Waals surface area contributed by atoms with Crippen LogP contribution in [0, 0.1) is 5.92 Å². The van der Waals surface area contributed by atoms with E-state index in [0.29, 0.717) is 25.2 Å². The van der Waals surface area contributed by atoms with E-state index in [2.05, 4.69) is 15.9 Å². The number of rotatable bonds is 3. The molecule has 1 aliphatic heterocycles. The van der Waals surface area contributed by atoms with Gasteiger partial charge in [0.1, 0.15) is 0 Å². The highest BCUT2D eigenvalue weighted by Crippen LogP contribution is 2.35. The minimum absolute atomic E-state index is 0.0987. The lowest BCUT2D eigenvalue weighted by molar-refractivity contribution is -0.185. The molecule has 1 fully saturated rings. The van der Waals surface area contributed by atoms with E-state index in [-0.39, 0.29) is 12.8 Å². The summed E-state index contributed by atoms with van der Waals surface area (Å²) in [5.74, 6) is -1.66. The van der Waals surface area contributed by atoms with Crippen LogP contribution >= 0.6 is 15.9 Å². The van der Waals surface area contributed by atoms with E-state index in [4.69, 9.17) is 4.74 Å². The number of likely N-dealkylation sites (tertiary alicyclic amines) is 1. The highest BCUT2D eigenvalue weighted by molar-refractivity contribution is 9.10. The highest BCUT2D eigenvalue weighted by Gasteiger charge is 2.41. The largest absolute Gasteiger partial charge is 0.465 e. The number of hydrogen-bond acceptors (Lipinski definition) is 3. The van der Waals surface area contributed by atoms with Crippen LogP contribution in [0.4, 0.5) is 13.2 Å². The van der Waals surface area contributed by atoms with Gasteiger partial charge < -0.3 is 4.74 Å². The molecule has 122 valence electrons. The van der Waals surface area contributed by atoms with Gasteiger partial charge in [0.05, 0.1) is 18.6 Å². The van der Waals surface area contributed by atoms with Crippen LogP contribution in [0.5, 0.6) is 0 Å². The quantitative estimate of drug-likeness (QED) is 0.743. The number of alkyl halides is 3. The Kier molecular flexibility index (Phi) is 5.50. The Bertz CT molecular complexity index is 540. The predicted molar refractivity (Wildman–Crippen MR) is 79.5 cm³/mol. The number of ether oxygens (including phenoxy) is 1. The van der Waals surface area contributed by atoms with Crippen molar-refractivity contribution in [3.63, 3.8) is 0 Å². The molecule has 0 aliphatic carbocycles. The fraction of sp³-hybridized carbons (Fsp3) is 0.533. The van der Waals surface area contributed by atoms with E-state index < -0.39 is 18.1 Å². The summed E-state index contributed by atoms with van der Waals surface area (Å²) >= 11 is 3.40. The third-order valence-electron chi connectivity index (χ3n) is 3.96. The minimum Gasteiger partial charge on any atom is -0.465 e. The normalized spacial score (nSPS) is 17.5. The topological polar surface area (TPSA) is 29.5 Å². The first-order valence-electron chi connectivity index (χ1n) is 6.97. The van der Waals surface area contributed by atoms with Crippen LogP contribution in [0.3, 0.4) is 0 Å². The Morgan fingerprint density at radius 2 is 2.00 bits per heavy atom. The lowest BCUT2D eigenvalue weighted by atomic mass is 9.95. The van der Waals surface area contributed by atoms with E-state index in [1.165, 1.54) is 7.11 Å². The summed E-state index contributed by atoms with van der Waals surface area (Å²) in [6.07, 6.45) is -3.92. The van der Waals surface area contributed by atoms with Gasteiger partial charge in [-0.05, 0) is 43.6 Å². The first-order chi connectivity index (χ1) is 10.3. The van der Waals surface area contributed by atoms with Crippen LogP contribution < -0.4 is 0 Å². The van der Waals surface area contributed by atoms with Gasteiger partial charge in [-0.3, -0.25) is 4.90 Å². The Hall–Kier alpha value is -1.08. The minimum atomic E-state index is -4.11. The molecular weight excluding hydrogens is 363 g/mol. The fourth-order valence-corrected chi connectivity index (χ4v) is 3.15. The zero-order valence-corrected chi connectivity index (χ0v) is 13.7. The van der Waals surface area contributed by atoms with Gasteiger partial charge in [-0.15, -0.1) is 0 Å². The molecule has 1 heterocycles. The Balaban J connectivity index is 2.08. The van der Waals surface area contributed by atoms with E-state index in [0.717, 1.165) is 10.0 Å². The zero-order valence-electron chi connectivity index (χ0n) is 12.1. The van der Waals surface area contributed by atoms with Crippen molar-refractivity contribution in [3.8, 4) is 0 Å². The molecule has 0 aromatic heterocycles. The Morgan fingerprint density at radius 3 is 2.55 bits per heavy atom. The molecule has 2 rings (SSSR count). The molecule has 0 bridgehead atoms. The van der Waals surface area contributed by atoms with Crippen LogP contribution in [-0.4, -0.2) is 37.2 Å². The van der Waals surface area contributed by atoms with E-state index in [9.17, 15) is 18.0 Å². The molecule has 22 heavy (non-hydrogen) atoms. The van der Waals surface area contributed by atoms with Crippen molar-refractivity contribution in [2.24, 2.45) is 5.92 Å². The molecule has 0 radical (unpaired) electrons. The van der Waals surface area contributed by atoms with Crippen LogP contribution in [0.15, 0.2) is 22.7 Å². The fourth-order valence-electron chi connectivity index (χ4n) is 2.66. The van der Waals surface area contributed by atoms with Crippen molar-refractivity contribution in [1.29, 1.82) is 0 Å². The molecule has 1 aromatic carbocycles. The molecule has 0 saturated carbocycles. The smallest absolute Gasteiger partial charge is 0.391 e. The lowest BCUT2D eigenvalue weighted by Crippen LogP contribution is -2.38. The van der Waals surface area contributed by atoms with Crippen molar-refractivity contribution in [3.05, 3.63) is 33.8 Å². The zero-order chi connectivity index (χ0) is 16.3. The van der Waals surface area contributed by atoms with Crippen molar-refractivity contribution >= 4 is 21.9 Å². The SMILES string of the molecule is COC(=O)c1cccc(Br)c1CN1CCC(C(F)(F)F)CC1. The second kappa shape index (κ2) is 7.00. The number of piperidine rings is 1. The number of benzene rings is 1. The molecule has 0 N–H and O–H groups in total. The molecule has 0 unspecified atom stereocenters. The first kappa shape index (κ1) is 17.3. The van der Waals surface area contributed by atoms with Crippen LogP contribution in [-0.2, 0) is 11.3 Å². The summed E-state index contributed by atoms with van der Waals surface area (Å²) in [4.78, 5) is 13.7. The maximum atomic E-state index is 12.7. The molecule has 0 atom stereocenters. The summed E-state index contributed by atoms with van der Waals surface area (Å²) in [5, 5.41) is 0. The molecule has 7 heteroatoms. The summed E-state index contributed by atoms with van der Waals surface area (Å²) < 4.78 is 43.6. The average Bonchev–Trinajstić information content (AvgIpc) is 2.48. The second-order valence-corrected chi connectivity index (χ2v) is 6.20. The van der Waals surface area contributed by atoms with Gasteiger partial charge in [0.2, 0.25) is 0 Å². The maximum absolute atomic E-state index is 12.7. The van der Waals surface area contributed by atoms with Crippen molar-refractivity contribution in [2.75, 3.05) is 20.2 Å². The number of nitrogens with zero attached hydrogens (tertiary/aromatic N) is 1. The number of esters is 1. The van der Waals surface area contributed by atoms with Crippen molar-refractivity contribution in [1.82, 2.24) is 4.90 Å². The van der Waals surface area contributed by atoms with Gasteiger partial charge in [0, 0.05) is 11.0 Å². The third kappa shape index (κ3) is 4.01. The van der Waals surface area contributed by atoms with E-state index in [1.807, 2.05) is 11.0 Å². The summed E-state index contributed by atoms with van der Waals surface area (Å²) in [7, 11) is 1.31. The van der Waals surface area contributed by atoms with E-state index >= 15 is 0 Å². The van der Waals surface area contributed by atoms with E-state index in [1.54, 1.807) is 12.1 Å². The van der Waals surface area contributed by atoms with Gasteiger partial charge in [-0.1, -0.05) is 22.0 Å². The molecular formula is C15H17BrF3NO2. The number of hydrogen-bond donors (Lipinski definition) is 0. The van der Waals surface area contributed by atoms with Gasteiger partial charge >= 0.3 is 12.1 Å². The lowest BCUT2D eigenvalue weighted by Gasteiger charge is -2.33. The number of carbonyl (C=O) groups is 1. The van der Waals surface area contributed by atoms with Crippen molar-refractivity contribution in [2.45, 2.75) is 25.6 Å². The van der Waals surface area contributed by atoms with Gasteiger partial charge in [0.15, 0.2) is 0 Å². The average molecular weight is 380 g/mol. The van der Waals surface area contributed by atoms with Crippen LogP contribution in [0.1, 0.15) is 28.8 Å². The standard InChI is InChI=1S/C15H17BrF3NO2/c1-22-14(21)11-3-2-4-13(16)12(11)9-20-7-5-10(6-8-20)15(17,18)19/h2-4,10H,5-9H2,1H3. The maximum Gasteiger partial charge on any atom is 0.391 e. The monoisotopic (exact) mass is 379 g/mol. The van der Waals surface area contributed by atoms with Crippen LogP contribution in [0.25, 0.3) is 0 Å². The third-order valence-corrected chi connectivity index (χ3v) is 4.70. The summed E-state index contributed by atoms with van der Waals surface area (Å²) in [6, 6.07) is 5.20. The molecule has 1 saturated heterocycles. The second-order valence-electron chi connectivity index (χ2n) is 5.35.